The first-order valence-electron chi connectivity index (χ1n) is 6.75. The van der Waals surface area contributed by atoms with E-state index in [9.17, 15) is 10.1 Å². The fourth-order valence-corrected chi connectivity index (χ4v) is 2.88. The van der Waals surface area contributed by atoms with E-state index in [0.29, 0.717) is 12.1 Å². The van der Waals surface area contributed by atoms with Gasteiger partial charge in [0.25, 0.3) is 5.69 Å². The Morgan fingerprint density at radius 2 is 1.95 bits per heavy atom. The zero-order valence-electron chi connectivity index (χ0n) is 12.0. The molecule has 5 nitrogen and oxygen atoms in total. The second kappa shape index (κ2) is 6.08. The Morgan fingerprint density at radius 1 is 1.35 bits per heavy atom. The molecule has 1 fully saturated rings. The molecule has 1 saturated heterocycles. The van der Waals surface area contributed by atoms with Gasteiger partial charge in [-0.3, -0.25) is 19.9 Å². The summed E-state index contributed by atoms with van der Waals surface area (Å²) in [6, 6.07) is 6.03. The van der Waals surface area contributed by atoms with Crippen LogP contribution >= 0.6 is 11.6 Å². The lowest BCUT2D eigenvalue weighted by molar-refractivity contribution is -0.384. The first-order chi connectivity index (χ1) is 9.38. The van der Waals surface area contributed by atoms with Gasteiger partial charge in [-0.25, -0.2) is 0 Å². The molecule has 0 N–H and O–H groups in total. The largest absolute Gasteiger partial charge is 0.298 e. The molecule has 20 heavy (non-hydrogen) atoms. The highest BCUT2D eigenvalue weighted by molar-refractivity contribution is 6.32. The zero-order valence-corrected chi connectivity index (χ0v) is 12.8. The number of likely N-dealkylation sites (N-methyl/N-ethyl adjacent to an activating group) is 1. The molecule has 0 saturated carbocycles. The Hall–Kier alpha value is -1.17. The van der Waals surface area contributed by atoms with Crippen LogP contribution in [0, 0.1) is 10.1 Å². The van der Waals surface area contributed by atoms with Gasteiger partial charge in [0.15, 0.2) is 0 Å². The van der Waals surface area contributed by atoms with E-state index in [-0.39, 0.29) is 10.7 Å². The molecule has 0 radical (unpaired) electrons. The molecule has 2 atom stereocenters. The maximum absolute atomic E-state index is 10.9. The SMILES string of the molecule is CC1CN(Cc2ccc(Cl)c([N+](=O)[O-])c2)CC(C)N1C. The molecule has 1 aromatic rings. The molecule has 0 amide bonds. The van der Waals surface area contributed by atoms with Gasteiger partial charge in [0.2, 0.25) is 0 Å². The molecule has 110 valence electrons. The summed E-state index contributed by atoms with van der Waals surface area (Å²) in [5.41, 5.74) is 0.921. The van der Waals surface area contributed by atoms with Gasteiger partial charge in [0.1, 0.15) is 5.02 Å². The van der Waals surface area contributed by atoms with Crippen LogP contribution in [0.2, 0.25) is 5.02 Å². The Labute approximate surface area is 124 Å². The fourth-order valence-electron chi connectivity index (χ4n) is 2.70. The first-order valence-corrected chi connectivity index (χ1v) is 7.13. The predicted molar refractivity (Wildman–Crippen MR) is 80.1 cm³/mol. The first kappa shape index (κ1) is 15.2. The average molecular weight is 298 g/mol. The number of hydrogen-bond acceptors (Lipinski definition) is 4. The second-order valence-corrected chi connectivity index (χ2v) is 6.01. The number of halogens is 1. The summed E-state index contributed by atoms with van der Waals surface area (Å²) in [4.78, 5) is 15.2. The molecular formula is C14H20ClN3O2. The van der Waals surface area contributed by atoms with Crippen LogP contribution in [0.5, 0.6) is 0 Å². The van der Waals surface area contributed by atoms with Crippen molar-refractivity contribution in [3.63, 3.8) is 0 Å². The van der Waals surface area contributed by atoms with Crippen molar-refractivity contribution in [1.29, 1.82) is 0 Å². The Bertz CT molecular complexity index is 497. The zero-order chi connectivity index (χ0) is 14.9. The minimum absolute atomic E-state index is 0.0145. The van der Waals surface area contributed by atoms with Gasteiger partial charge < -0.3 is 0 Å². The topological polar surface area (TPSA) is 49.6 Å². The molecule has 0 spiro atoms. The van der Waals surface area contributed by atoms with E-state index < -0.39 is 4.92 Å². The Morgan fingerprint density at radius 3 is 2.50 bits per heavy atom. The number of nitro groups is 1. The third kappa shape index (κ3) is 3.29. The molecule has 2 rings (SSSR count). The van der Waals surface area contributed by atoms with Crippen molar-refractivity contribution < 1.29 is 4.92 Å². The molecule has 0 bridgehead atoms. The van der Waals surface area contributed by atoms with Gasteiger partial charge in [0.05, 0.1) is 4.92 Å². The standard InChI is InChI=1S/C14H20ClN3O2/c1-10-7-17(8-11(2)16(10)3)9-12-4-5-13(15)14(6-12)18(19)20/h4-6,10-11H,7-9H2,1-3H3. The lowest BCUT2D eigenvalue weighted by atomic mass is 10.1. The summed E-state index contributed by atoms with van der Waals surface area (Å²) < 4.78 is 0. The molecule has 1 heterocycles. The highest BCUT2D eigenvalue weighted by Gasteiger charge is 2.26. The van der Waals surface area contributed by atoms with Gasteiger partial charge >= 0.3 is 0 Å². The maximum Gasteiger partial charge on any atom is 0.288 e. The van der Waals surface area contributed by atoms with E-state index >= 15 is 0 Å². The van der Waals surface area contributed by atoms with Crippen LogP contribution in [0.15, 0.2) is 18.2 Å². The highest BCUT2D eigenvalue weighted by atomic mass is 35.5. The summed E-state index contributed by atoms with van der Waals surface area (Å²) >= 11 is 5.84. The van der Waals surface area contributed by atoms with Crippen LogP contribution in [-0.4, -0.2) is 46.9 Å². The van der Waals surface area contributed by atoms with E-state index in [1.54, 1.807) is 12.1 Å². The number of benzene rings is 1. The van der Waals surface area contributed by atoms with Crippen molar-refractivity contribution >= 4 is 17.3 Å². The quantitative estimate of drug-likeness (QED) is 0.636. The third-order valence-corrected chi connectivity index (χ3v) is 4.37. The van der Waals surface area contributed by atoms with Crippen molar-refractivity contribution in [3.8, 4) is 0 Å². The van der Waals surface area contributed by atoms with Gasteiger partial charge in [-0.15, -0.1) is 0 Å². The number of nitro benzene ring substituents is 1. The van der Waals surface area contributed by atoms with Gasteiger partial charge in [-0.2, -0.15) is 0 Å². The Balaban J connectivity index is 2.11. The molecular weight excluding hydrogens is 278 g/mol. The minimum atomic E-state index is -0.429. The van der Waals surface area contributed by atoms with Crippen LogP contribution in [0.1, 0.15) is 19.4 Å². The van der Waals surface area contributed by atoms with E-state index in [1.165, 1.54) is 0 Å². The highest BCUT2D eigenvalue weighted by Crippen LogP contribution is 2.26. The van der Waals surface area contributed by atoms with Crippen LogP contribution < -0.4 is 0 Å². The number of hydrogen-bond donors (Lipinski definition) is 0. The molecule has 1 aliphatic rings. The third-order valence-electron chi connectivity index (χ3n) is 4.05. The summed E-state index contributed by atoms with van der Waals surface area (Å²) in [6.45, 7) is 7.06. The summed E-state index contributed by atoms with van der Waals surface area (Å²) in [6.07, 6.45) is 0. The van der Waals surface area contributed by atoms with E-state index in [0.717, 1.165) is 25.2 Å². The monoisotopic (exact) mass is 297 g/mol. The van der Waals surface area contributed by atoms with Gasteiger partial charge in [-0.05, 0) is 32.5 Å². The van der Waals surface area contributed by atoms with Crippen molar-refractivity contribution in [2.24, 2.45) is 0 Å². The maximum atomic E-state index is 10.9. The van der Waals surface area contributed by atoms with Crippen LogP contribution in [0.25, 0.3) is 0 Å². The van der Waals surface area contributed by atoms with Crippen LogP contribution in [0.3, 0.4) is 0 Å². The molecule has 0 aliphatic carbocycles. The average Bonchev–Trinajstić information content (AvgIpc) is 2.38. The molecule has 1 aliphatic heterocycles. The van der Waals surface area contributed by atoms with Gasteiger partial charge in [-0.1, -0.05) is 17.7 Å². The Kier molecular flexibility index (Phi) is 4.62. The number of nitrogens with zero attached hydrogens (tertiary/aromatic N) is 3. The number of piperazine rings is 1. The summed E-state index contributed by atoms with van der Waals surface area (Å²) in [7, 11) is 2.14. The van der Waals surface area contributed by atoms with Crippen molar-refractivity contribution in [1.82, 2.24) is 9.80 Å². The molecule has 6 heteroatoms. The minimum Gasteiger partial charge on any atom is -0.298 e. The smallest absolute Gasteiger partial charge is 0.288 e. The molecule has 1 aromatic carbocycles. The van der Waals surface area contributed by atoms with Crippen molar-refractivity contribution in [2.45, 2.75) is 32.5 Å². The summed E-state index contributed by atoms with van der Waals surface area (Å²) in [5.74, 6) is 0. The lowest BCUT2D eigenvalue weighted by Gasteiger charge is -2.42. The predicted octanol–water partition coefficient (Wildman–Crippen LogP) is 2.77. The van der Waals surface area contributed by atoms with E-state index in [4.69, 9.17) is 11.6 Å². The normalized spacial score (nSPS) is 24.8. The molecule has 2 unspecified atom stereocenters. The summed E-state index contributed by atoms with van der Waals surface area (Å²) in [5, 5.41) is 11.1. The van der Waals surface area contributed by atoms with E-state index in [2.05, 4.69) is 30.7 Å². The van der Waals surface area contributed by atoms with Gasteiger partial charge in [0, 0.05) is 37.8 Å². The number of rotatable bonds is 3. The van der Waals surface area contributed by atoms with E-state index in [1.807, 2.05) is 6.07 Å². The second-order valence-electron chi connectivity index (χ2n) is 5.60. The fraction of sp³-hybridized carbons (Fsp3) is 0.571. The van der Waals surface area contributed by atoms with Crippen molar-refractivity contribution in [2.75, 3.05) is 20.1 Å². The van der Waals surface area contributed by atoms with Crippen LogP contribution in [-0.2, 0) is 6.54 Å². The van der Waals surface area contributed by atoms with Crippen LogP contribution in [0.4, 0.5) is 5.69 Å². The lowest BCUT2D eigenvalue weighted by Crippen LogP contribution is -2.54. The molecule has 0 aromatic heterocycles. The van der Waals surface area contributed by atoms with Crippen molar-refractivity contribution in [3.05, 3.63) is 38.9 Å².